The monoisotopic (exact) mass is 298 g/mol. The van der Waals surface area contributed by atoms with E-state index in [-0.39, 0.29) is 0 Å². The minimum atomic E-state index is 0.323. The summed E-state index contributed by atoms with van der Waals surface area (Å²) in [5.74, 6) is 6.38. The smallest absolute Gasteiger partial charge is 0.323 e. The lowest BCUT2D eigenvalue weighted by molar-refractivity contribution is 0.291. The van der Waals surface area contributed by atoms with Crippen molar-refractivity contribution in [3.63, 3.8) is 0 Å². The zero-order valence-electron chi connectivity index (χ0n) is 12.2. The maximum atomic E-state index is 5.49. The number of rotatable bonds is 5. The van der Waals surface area contributed by atoms with Crippen molar-refractivity contribution in [3.8, 4) is 6.01 Å². The Labute approximate surface area is 123 Å². The molecule has 112 valence electrons. The molecule has 1 aromatic heterocycles. The van der Waals surface area contributed by atoms with Crippen molar-refractivity contribution >= 4 is 23.7 Å². The third-order valence-electron chi connectivity index (χ3n) is 2.87. The molecular weight excluding hydrogens is 276 g/mol. The molecule has 2 atom stereocenters. The van der Waals surface area contributed by atoms with E-state index in [1.54, 1.807) is 0 Å². The fraction of sp³-hybridized carbons (Fsp3) is 0.750. The first kappa shape index (κ1) is 15.1. The number of hydrogen-bond acceptors (Lipinski definition) is 8. The number of aromatic nitrogens is 3. The van der Waals surface area contributed by atoms with E-state index < -0.39 is 0 Å². The summed E-state index contributed by atoms with van der Waals surface area (Å²) in [7, 11) is 0. The first-order chi connectivity index (χ1) is 9.62. The summed E-state index contributed by atoms with van der Waals surface area (Å²) >= 11 is 1.98. The SMILES string of the molecule is CCCOc1nc(NN)nc(N2CC(C)SC(C)C2)n1. The Balaban J connectivity index is 2.20. The van der Waals surface area contributed by atoms with Crippen LogP contribution in [0.1, 0.15) is 27.2 Å². The van der Waals surface area contributed by atoms with Crippen LogP contribution < -0.4 is 20.9 Å². The number of nitrogens with one attached hydrogen (secondary N) is 1. The molecule has 0 amide bonds. The largest absolute Gasteiger partial charge is 0.463 e. The second kappa shape index (κ2) is 6.94. The molecule has 2 heterocycles. The van der Waals surface area contributed by atoms with Gasteiger partial charge in [0, 0.05) is 23.6 Å². The molecule has 3 N–H and O–H groups in total. The van der Waals surface area contributed by atoms with Gasteiger partial charge in [0.2, 0.25) is 11.9 Å². The van der Waals surface area contributed by atoms with Gasteiger partial charge in [-0.25, -0.2) is 5.84 Å². The van der Waals surface area contributed by atoms with Crippen LogP contribution in [0.5, 0.6) is 6.01 Å². The van der Waals surface area contributed by atoms with Crippen LogP contribution in [0.25, 0.3) is 0 Å². The summed E-state index contributed by atoms with van der Waals surface area (Å²) in [5, 5.41) is 1.09. The molecule has 2 unspecified atom stereocenters. The Morgan fingerprint density at radius 3 is 2.60 bits per heavy atom. The van der Waals surface area contributed by atoms with Crippen LogP contribution in [0.4, 0.5) is 11.9 Å². The molecule has 0 saturated carbocycles. The molecule has 1 saturated heterocycles. The number of hydrazine groups is 1. The Bertz CT molecular complexity index is 436. The third kappa shape index (κ3) is 3.86. The second-order valence-electron chi connectivity index (χ2n) is 4.90. The minimum absolute atomic E-state index is 0.323. The number of nitrogen functional groups attached to an aromatic ring is 1. The summed E-state index contributed by atoms with van der Waals surface area (Å²) in [6.45, 7) is 8.87. The number of hydrogen-bond donors (Lipinski definition) is 2. The predicted molar refractivity (Wildman–Crippen MR) is 82.2 cm³/mol. The van der Waals surface area contributed by atoms with Gasteiger partial charge >= 0.3 is 6.01 Å². The van der Waals surface area contributed by atoms with Crippen LogP contribution >= 0.6 is 11.8 Å². The molecular formula is C12H22N6OS. The van der Waals surface area contributed by atoms with Gasteiger partial charge in [-0.15, -0.1) is 0 Å². The number of thioether (sulfide) groups is 1. The van der Waals surface area contributed by atoms with Gasteiger partial charge in [-0.1, -0.05) is 20.8 Å². The van der Waals surface area contributed by atoms with E-state index >= 15 is 0 Å². The molecule has 0 aromatic carbocycles. The molecule has 0 aliphatic carbocycles. The summed E-state index contributed by atoms with van der Waals surface area (Å²) in [6, 6.07) is 0.323. The lowest BCUT2D eigenvalue weighted by Gasteiger charge is -2.34. The second-order valence-corrected chi connectivity index (χ2v) is 6.78. The van der Waals surface area contributed by atoms with Crippen LogP contribution in [0.2, 0.25) is 0 Å². The summed E-state index contributed by atoms with van der Waals surface area (Å²) in [6.07, 6.45) is 0.904. The quantitative estimate of drug-likeness (QED) is 0.620. The van der Waals surface area contributed by atoms with Crippen LogP contribution in [0.3, 0.4) is 0 Å². The first-order valence-electron chi connectivity index (χ1n) is 6.88. The van der Waals surface area contributed by atoms with Gasteiger partial charge in [0.05, 0.1) is 6.61 Å². The lowest BCUT2D eigenvalue weighted by atomic mass is 10.3. The van der Waals surface area contributed by atoms with Crippen molar-refractivity contribution in [1.82, 2.24) is 15.0 Å². The molecule has 1 aromatic rings. The average molecular weight is 298 g/mol. The summed E-state index contributed by atoms with van der Waals surface area (Å²) < 4.78 is 5.49. The number of nitrogens with two attached hydrogens (primary N) is 1. The van der Waals surface area contributed by atoms with Crippen molar-refractivity contribution in [2.75, 3.05) is 30.0 Å². The van der Waals surface area contributed by atoms with Crippen molar-refractivity contribution in [1.29, 1.82) is 0 Å². The molecule has 2 rings (SSSR count). The maximum absolute atomic E-state index is 5.49. The van der Waals surface area contributed by atoms with E-state index in [0.29, 0.717) is 35.0 Å². The highest BCUT2D eigenvalue weighted by Crippen LogP contribution is 2.27. The summed E-state index contributed by atoms with van der Waals surface area (Å²) in [5.41, 5.74) is 2.47. The number of nitrogens with zero attached hydrogens (tertiary/aromatic N) is 4. The molecule has 1 fully saturated rings. The molecule has 8 heteroatoms. The predicted octanol–water partition coefficient (Wildman–Crippen LogP) is 1.28. The van der Waals surface area contributed by atoms with Crippen LogP contribution in [-0.4, -0.2) is 45.1 Å². The van der Waals surface area contributed by atoms with Crippen molar-refractivity contribution < 1.29 is 4.74 Å². The van der Waals surface area contributed by atoms with Crippen LogP contribution in [-0.2, 0) is 0 Å². The van der Waals surface area contributed by atoms with Crippen molar-refractivity contribution in [2.24, 2.45) is 5.84 Å². The van der Waals surface area contributed by atoms with Crippen molar-refractivity contribution in [3.05, 3.63) is 0 Å². The molecule has 0 radical (unpaired) electrons. The highest BCUT2D eigenvalue weighted by molar-refractivity contribution is 8.00. The van der Waals surface area contributed by atoms with Gasteiger partial charge in [-0.3, -0.25) is 5.43 Å². The maximum Gasteiger partial charge on any atom is 0.323 e. The Hall–Kier alpha value is -1.28. The van der Waals surface area contributed by atoms with E-state index in [2.05, 4.69) is 39.1 Å². The molecule has 0 spiro atoms. The molecule has 0 bridgehead atoms. The minimum Gasteiger partial charge on any atom is -0.463 e. The topological polar surface area (TPSA) is 89.2 Å². The van der Waals surface area contributed by atoms with Gasteiger partial charge in [-0.2, -0.15) is 26.7 Å². The molecule has 20 heavy (non-hydrogen) atoms. The van der Waals surface area contributed by atoms with E-state index in [9.17, 15) is 0 Å². The lowest BCUT2D eigenvalue weighted by Crippen LogP contribution is -2.41. The van der Waals surface area contributed by atoms with Gasteiger partial charge < -0.3 is 9.64 Å². The highest BCUT2D eigenvalue weighted by atomic mass is 32.2. The van der Waals surface area contributed by atoms with E-state index in [1.807, 2.05) is 18.7 Å². The molecule has 1 aliphatic rings. The fourth-order valence-corrected chi connectivity index (χ4v) is 3.48. The van der Waals surface area contributed by atoms with Gasteiger partial charge in [0.25, 0.3) is 0 Å². The van der Waals surface area contributed by atoms with Crippen LogP contribution in [0, 0.1) is 0 Å². The Morgan fingerprint density at radius 2 is 2.00 bits per heavy atom. The molecule has 1 aliphatic heterocycles. The number of anilines is 2. The van der Waals surface area contributed by atoms with E-state index in [4.69, 9.17) is 10.6 Å². The summed E-state index contributed by atoms with van der Waals surface area (Å²) in [4.78, 5) is 15.0. The molecule has 7 nitrogen and oxygen atoms in total. The first-order valence-corrected chi connectivity index (χ1v) is 7.82. The van der Waals surface area contributed by atoms with Crippen LogP contribution in [0.15, 0.2) is 0 Å². The average Bonchev–Trinajstić information content (AvgIpc) is 2.43. The van der Waals surface area contributed by atoms with E-state index in [1.165, 1.54) is 0 Å². The highest BCUT2D eigenvalue weighted by Gasteiger charge is 2.25. The van der Waals surface area contributed by atoms with E-state index in [0.717, 1.165) is 19.5 Å². The fourth-order valence-electron chi connectivity index (χ4n) is 2.15. The third-order valence-corrected chi connectivity index (χ3v) is 4.10. The van der Waals surface area contributed by atoms with Gasteiger partial charge in [0.15, 0.2) is 0 Å². The van der Waals surface area contributed by atoms with Gasteiger partial charge in [0.1, 0.15) is 0 Å². The normalized spacial score (nSPS) is 22.7. The standard InChI is InChI=1S/C12H22N6OS/c1-4-5-19-12-15-10(17-13)14-11(16-12)18-6-8(2)20-9(3)7-18/h8-9H,4-7,13H2,1-3H3,(H,14,15,16,17). The Morgan fingerprint density at radius 1 is 1.30 bits per heavy atom. The van der Waals surface area contributed by atoms with Gasteiger partial charge in [-0.05, 0) is 6.42 Å². The number of ether oxygens (including phenoxy) is 1. The zero-order valence-corrected chi connectivity index (χ0v) is 13.0. The van der Waals surface area contributed by atoms with Crippen molar-refractivity contribution in [2.45, 2.75) is 37.7 Å². The zero-order chi connectivity index (χ0) is 14.5. The Kier molecular flexibility index (Phi) is 5.24.